The second-order valence-corrected chi connectivity index (χ2v) is 7.36. The van der Waals surface area contributed by atoms with E-state index in [2.05, 4.69) is 19.2 Å². The number of rotatable bonds is 4. The van der Waals surface area contributed by atoms with E-state index >= 15 is 0 Å². The molecule has 3 rings (SSSR count). The monoisotopic (exact) mass is 346 g/mol. The summed E-state index contributed by atoms with van der Waals surface area (Å²) in [4.78, 5) is 14.8. The van der Waals surface area contributed by atoms with Crippen molar-refractivity contribution >= 4 is 5.91 Å². The zero-order valence-corrected chi connectivity index (χ0v) is 15.4. The topological polar surface area (TPSA) is 50.8 Å². The van der Waals surface area contributed by atoms with Gasteiger partial charge >= 0.3 is 0 Å². The molecule has 2 fully saturated rings. The molecule has 2 aliphatic rings. The molecule has 1 aromatic carbocycles. The second kappa shape index (κ2) is 8.68. The smallest absolute Gasteiger partial charge is 0.253 e. The van der Waals surface area contributed by atoms with E-state index in [1.165, 1.54) is 0 Å². The number of benzene rings is 1. The van der Waals surface area contributed by atoms with Crippen molar-refractivity contribution < 1.29 is 14.3 Å². The Bertz CT molecular complexity index is 553. The highest BCUT2D eigenvalue weighted by Gasteiger charge is 2.24. The third kappa shape index (κ3) is 4.95. The van der Waals surface area contributed by atoms with Crippen LogP contribution in [-0.4, -0.2) is 55.8 Å². The molecule has 0 aliphatic carbocycles. The van der Waals surface area contributed by atoms with Crippen LogP contribution in [0.2, 0.25) is 0 Å². The van der Waals surface area contributed by atoms with Gasteiger partial charge < -0.3 is 19.7 Å². The maximum Gasteiger partial charge on any atom is 0.253 e. The quantitative estimate of drug-likeness (QED) is 0.911. The Hall–Kier alpha value is -1.59. The van der Waals surface area contributed by atoms with Gasteiger partial charge in [0.1, 0.15) is 11.9 Å². The van der Waals surface area contributed by atoms with E-state index in [9.17, 15) is 4.79 Å². The number of amides is 1. The molecule has 0 radical (unpaired) electrons. The fraction of sp³-hybridized carbons (Fsp3) is 0.650. The number of nitrogens with zero attached hydrogens (tertiary/aromatic N) is 1. The molecule has 1 amide bonds. The van der Waals surface area contributed by atoms with Crippen LogP contribution < -0.4 is 10.1 Å². The predicted molar refractivity (Wildman–Crippen MR) is 98.1 cm³/mol. The minimum absolute atomic E-state index is 0.118. The number of ether oxygens (including phenoxy) is 2. The van der Waals surface area contributed by atoms with Crippen LogP contribution in [0.4, 0.5) is 0 Å². The zero-order valence-electron chi connectivity index (χ0n) is 15.4. The van der Waals surface area contributed by atoms with Gasteiger partial charge in [-0.15, -0.1) is 0 Å². The highest BCUT2D eigenvalue weighted by molar-refractivity contribution is 5.94. The third-order valence-corrected chi connectivity index (χ3v) is 5.09. The molecule has 2 heterocycles. The summed E-state index contributed by atoms with van der Waals surface area (Å²) in [5, 5.41) is 3.55. The molecule has 0 saturated carbocycles. The summed E-state index contributed by atoms with van der Waals surface area (Å²) in [6.45, 7) is 8.50. The molecule has 0 spiro atoms. The summed E-state index contributed by atoms with van der Waals surface area (Å²) in [6.07, 6.45) is 3.08. The standard InChI is InChI=1S/C20H30N2O3/c1-15(2)19-14-22(11-3-10-21-19)20(23)16-4-6-17(7-5-16)25-18-8-12-24-13-9-18/h4-7,15,18-19,21H,3,8-14H2,1-2H3. The summed E-state index contributed by atoms with van der Waals surface area (Å²) < 4.78 is 11.3. The molecule has 1 unspecified atom stereocenters. The highest BCUT2D eigenvalue weighted by Crippen LogP contribution is 2.20. The van der Waals surface area contributed by atoms with Crippen LogP contribution in [0.25, 0.3) is 0 Å². The number of hydrogen-bond donors (Lipinski definition) is 1. The Balaban J connectivity index is 1.61. The predicted octanol–water partition coefficient (Wildman–Crippen LogP) is 2.70. The lowest BCUT2D eigenvalue weighted by atomic mass is 10.0. The van der Waals surface area contributed by atoms with E-state index in [4.69, 9.17) is 9.47 Å². The normalized spacial score (nSPS) is 22.7. The molecule has 1 atom stereocenters. The van der Waals surface area contributed by atoms with Crippen LogP contribution in [0.5, 0.6) is 5.75 Å². The van der Waals surface area contributed by atoms with E-state index in [-0.39, 0.29) is 12.0 Å². The molecule has 5 heteroatoms. The van der Waals surface area contributed by atoms with Crippen molar-refractivity contribution in [2.24, 2.45) is 5.92 Å². The first-order chi connectivity index (χ1) is 12.1. The molecular formula is C20H30N2O3. The Kier molecular flexibility index (Phi) is 6.32. The van der Waals surface area contributed by atoms with E-state index < -0.39 is 0 Å². The van der Waals surface area contributed by atoms with Crippen LogP contribution in [0, 0.1) is 5.92 Å². The molecule has 138 valence electrons. The molecule has 1 aromatic rings. The molecule has 0 bridgehead atoms. The van der Waals surface area contributed by atoms with Crippen LogP contribution in [0.1, 0.15) is 43.5 Å². The number of carbonyl (C=O) groups excluding carboxylic acids is 1. The molecule has 2 saturated heterocycles. The van der Waals surface area contributed by atoms with Gasteiger partial charge in [-0.3, -0.25) is 4.79 Å². The van der Waals surface area contributed by atoms with Gasteiger partial charge in [-0.05, 0) is 43.1 Å². The molecule has 5 nitrogen and oxygen atoms in total. The Morgan fingerprint density at radius 2 is 1.96 bits per heavy atom. The number of hydrogen-bond acceptors (Lipinski definition) is 4. The molecule has 0 aromatic heterocycles. The Morgan fingerprint density at radius 1 is 1.24 bits per heavy atom. The van der Waals surface area contributed by atoms with Crippen LogP contribution in [0.15, 0.2) is 24.3 Å². The van der Waals surface area contributed by atoms with Gasteiger partial charge in [0, 0.05) is 37.5 Å². The summed E-state index contributed by atoms with van der Waals surface area (Å²) in [5.41, 5.74) is 0.740. The zero-order chi connectivity index (χ0) is 17.6. The van der Waals surface area contributed by atoms with Gasteiger partial charge in [0.15, 0.2) is 0 Å². The largest absolute Gasteiger partial charge is 0.490 e. The van der Waals surface area contributed by atoms with Crippen molar-refractivity contribution in [1.82, 2.24) is 10.2 Å². The van der Waals surface area contributed by atoms with Gasteiger partial charge in [-0.2, -0.15) is 0 Å². The summed E-state index contributed by atoms with van der Waals surface area (Å²) in [7, 11) is 0. The van der Waals surface area contributed by atoms with Crippen molar-refractivity contribution in [3.63, 3.8) is 0 Å². The Labute approximate surface area is 150 Å². The highest BCUT2D eigenvalue weighted by atomic mass is 16.5. The fourth-order valence-corrected chi connectivity index (χ4v) is 3.43. The molecular weight excluding hydrogens is 316 g/mol. The molecule has 25 heavy (non-hydrogen) atoms. The van der Waals surface area contributed by atoms with E-state index in [1.807, 2.05) is 29.2 Å². The number of carbonyl (C=O) groups is 1. The SMILES string of the molecule is CC(C)C1CN(C(=O)c2ccc(OC3CCOCC3)cc2)CCCN1. The third-order valence-electron chi connectivity index (χ3n) is 5.09. The lowest BCUT2D eigenvalue weighted by molar-refractivity contribution is 0.0256. The van der Waals surface area contributed by atoms with Crippen molar-refractivity contribution in [1.29, 1.82) is 0 Å². The van der Waals surface area contributed by atoms with Crippen LogP contribution in [-0.2, 0) is 4.74 Å². The first kappa shape index (κ1) is 18.2. The van der Waals surface area contributed by atoms with E-state index in [1.54, 1.807) is 0 Å². The number of nitrogens with one attached hydrogen (secondary N) is 1. The van der Waals surface area contributed by atoms with Crippen molar-refractivity contribution in [2.45, 2.75) is 45.3 Å². The molecule has 2 aliphatic heterocycles. The minimum atomic E-state index is 0.118. The van der Waals surface area contributed by atoms with E-state index in [0.717, 1.165) is 63.4 Å². The maximum atomic E-state index is 12.9. The summed E-state index contributed by atoms with van der Waals surface area (Å²) in [5.74, 6) is 1.47. The summed E-state index contributed by atoms with van der Waals surface area (Å²) in [6, 6.07) is 7.97. The average molecular weight is 346 g/mol. The van der Waals surface area contributed by atoms with Gasteiger partial charge in [0.05, 0.1) is 13.2 Å². The lowest BCUT2D eigenvalue weighted by Crippen LogP contribution is -2.43. The van der Waals surface area contributed by atoms with Gasteiger partial charge in [-0.25, -0.2) is 0 Å². The first-order valence-electron chi connectivity index (χ1n) is 9.50. The van der Waals surface area contributed by atoms with Crippen molar-refractivity contribution in [2.75, 3.05) is 32.8 Å². The summed E-state index contributed by atoms with van der Waals surface area (Å²) >= 11 is 0. The lowest BCUT2D eigenvalue weighted by Gasteiger charge is -2.27. The first-order valence-corrected chi connectivity index (χ1v) is 9.50. The minimum Gasteiger partial charge on any atom is -0.490 e. The van der Waals surface area contributed by atoms with Crippen molar-refractivity contribution in [3.05, 3.63) is 29.8 Å². The second-order valence-electron chi connectivity index (χ2n) is 7.36. The Morgan fingerprint density at radius 3 is 2.64 bits per heavy atom. The van der Waals surface area contributed by atoms with E-state index in [0.29, 0.717) is 12.0 Å². The van der Waals surface area contributed by atoms with Gasteiger partial charge in [0.25, 0.3) is 5.91 Å². The molecule has 1 N–H and O–H groups in total. The fourth-order valence-electron chi connectivity index (χ4n) is 3.43. The maximum absolute atomic E-state index is 12.9. The van der Waals surface area contributed by atoms with Gasteiger partial charge in [-0.1, -0.05) is 13.8 Å². The van der Waals surface area contributed by atoms with Crippen molar-refractivity contribution in [3.8, 4) is 5.75 Å². The van der Waals surface area contributed by atoms with Crippen LogP contribution in [0.3, 0.4) is 0 Å². The van der Waals surface area contributed by atoms with Crippen LogP contribution >= 0.6 is 0 Å². The average Bonchev–Trinajstić information content (AvgIpc) is 2.89. The van der Waals surface area contributed by atoms with Gasteiger partial charge in [0.2, 0.25) is 0 Å².